The molecule has 0 atom stereocenters. The fourth-order valence-electron chi connectivity index (χ4n) is 2.11. The molecule has 0 unspecified atom stereocenters. The van der Waals surface area contributed by atoms with Gasteiger partial charge in [0.25, 0.3) is 0 Å². The van der Waals surface area contributed by atoms with Gasteiger partial charge in [0.15, 0.2) is 5.96 Å². The highest BCUT2D eigenvalue weighted by Gasteiger charge is 2.21. The molecule has 8 heteroatoms. The van der Waals surface area contributed by atoms with Crippen molar-refractivity contribution < 1.29 is 14.3 Å². The number of nitrogens with two attached hydrogens (primary N) is 1. The molecule has 0 radical (unpaired) electrons. The molecule has 26 heavy (non-hydrogen) atoms. The highest BCUT2D eigenvalue weighted by Crippen LogP contribution is 2.22. The summed E-state index contributed by atoms with van der Waals surface area (Å²) in [6, 6.07) is 7.44. The van der Waals surface area contributed by atoms with E-state index in [1.165, 1.54) is 0 Å². The van der Waals surface area contributed by atoms with E-state index >= 15 is 0 Å². The predicted molar refractivity (Wildman–Crippen MR) is 117 cm³/mol. The molecule has 0 fully saturated rings. The molecule has 1 aromatic rings. The number of nitrogens with zero attached hydrogens (tertiary/aromatic N) is 2. The molecule has 0 saturated heterocycles. The Balaban J connectivity index is 0.00000625. The average molecular weight is 478 g/mol. The summed E-state index contributed by atoms with van der Waals surface area (Å²) >= 11 is 0. The lowest BCUT2D eigenvalue weighted by molar-refractivity contribution is 0.0256. The fourth-order valence-corrected chi connectivity index (χ4v) is 2.11. The van der Waals surface area contributed by atoms with Crippen molar-refractivity contribution in [1.82, 2.24) is 4.90 Å². The Morgan fingerprint density at radius 3 is 2.50 bits per heavy atom. The number of aliphatic imine (C=N–C) groups is 1. The number of halogens is 1. The largest absolute Gasteiger partial charge is 0.495 e. The molecular formula is C18H31IN4O3. The van der Waals surface area contributed by atoms with Crippen LogP contribution >= 0.6 is 24.0 Å². The van der Waals surface area contributed by atoms with Gasteiger partial charge in [0.2, 0.25) is 0 Å². The van der Waals surface area contributed by atoms with Gasteiger partial charge in [0.1, 0.15) is 11.4 Å². The first-order valence-electron chi connectivity index (χ1n) is 8.44. The number of nitrogens with one attached hydrogen (secondary N) is 1. The number of ether oxygens (including phenoxy) is 2. The summed E-state index contributed by atoms with van der Waals surface area (Å²) in [4.78, 5) is 18.1. The molecule has 0 aromatic heterocycles. The predicted octanol–water partition coefficient (Wildman–Crippen LogP) is 3.69. The second kappa shape index (κ2) is 11.8. The van der Waals surface area contributed by atoms with Crippen LogP contribution in [-0.4, -0.2) is 49.3 Å². The highest BCUT2D eigenvalue weighted by molar-refractivity contribution is 14.0. The van der Waals surface area contributed by atoms with Crippen LogP contribution in [0.4, 0.5) is 10.5 Å². The zero-order valence-corrected chi connectivity index (χ0v) is 18.6. The van der Waals surface area contributed by atoms with Crippen molar-refractivity contribution in [2.24, 2.45) is 10.7 Å². The van der Waals surface area contributed by atoms with Crippen molar-refractivity contribution in [3.8, 4) is 5.75 Å². The van der Waals surface area contributed by atoms with Crippen LogP contribution in [0.25, 0.3) is 0 Å². The van der Waals surface area contributed by atoms with E-state index in [-0.39, 0.29) is 36.0 Å². The maximum absolute atomic E-state index is 12.2. The molecule has 0 aliphatic rings. The Hall–Kier alpha value is -1.71. The number of carbonyl (C=O) groups excluding carboxylic acids is 1. The molecule has 1 aromatic carbocycles. The Morgan fingerprint density at radius 2 is 1.92 bits per heavy atom. The molecule has 0 aliphatic heterocycles. The number of hydrogen-bond acceptors (Lipinski definition) is 4. The summed E-state index contributed by atoms with van der Waals surface area (Å²) in [6.45, 7) is 9.00. The normalized spacial score (nSPS) is 11.3. The second-order valence-corrected chi connectivity index (χ2v) is 6.56. The summed E-state index contributed by atoms with van der Waals surface area (Å²) in [5.41, 5.74) is 6.14. The third-order valence-electron chi connectivity index (χ3n) is 3.17. The summed E-state index contributed by atoms with van der Waals surface area (Å²) in [7, 11) is 1.59. The van der Waals surface area contributed by atoms with Crippen LogP contribution in [0.3, 0.4) is 0 Å². The van der Waals surface area contributed by atoms with Crippen molar-refractivity contribution in [2.45, 2.75) is 39.7 Å². The number of amides is 1. The molecule has 1 amide bonds. The van der Waals surface area contributed by atoms with Gasteiger partial charge in [-0.25, -0.2) is 4.79 Å². The molecule has 0 saturated carbocycles. The lowest BCUT2D eigenvalue weighted by Gasteiger charge is -2.26. The Kier molecular flexibility index (Phi) is 11.0. The minimum atomic E-state index is -0.517. The van der Waals surface area contributed by atoms with Gasteiger partial charge in [-0.05, 0) is 39.3 Å². The van der Waals surface area contributed by atoms with Gasteiger partial charge >= 0.3 is 6.09 Å². The van der Waals surface area contributed by atoms with E-state index in [0.717, 1.165) is 12.1 Å². The van der Waals surface area contributed by atoms with Crippen LogP contribution in [0.1, 0.15) is 34.1 Å². The van der Waals surface area contributed by atoms with Crippen molar-refractivity contribution in [3.63, 3.8) is 0 Å². The molecule has 0 bridgehead atoms. The van der Waals surface area contributed by atoms with Crippen LogP contribution in [0, 0.1) is 0 Å². The minimum absolute atomic E-state index is 0. The van der Waals surface area contributed by atoms with Crippen molar-refractivity contribution in [3.05, 3.63) is 24.3 Å². The van der Waals surface area contributed by atoms with Crippen LogP contribution in [-0.2, 0) is 4.74 Å². The van der Waals surface area contributed by atoms with Crippen molar-refractivity contribution in [1.29, 1.82) is 0 Å². The van der Waals surface area contributed by atoms with Gasteiger partial charge in [0, 0.05) is 13.1 Å². The Bertz CT molecular complexity index is 588. The Morgan fingerprint density at radius 1 is 1.27 bits per heavy atom. The maximum Gasteiger partial charge on any atom is 0.410 e. The Labute approximate surface area is 173 Å². The standard InChI is InChI=1S/C18H30N4O3.HI/c1-6-12-22(17(23)25-18(2,3)4)13-11-20-16(19)21-14-9-7-8-10-15(14)24-5;/h7-10H,6,11-13H2,1-5H3,(H3,19,20,21);1H. The van der Waals surface area contributed by atoms with Crippen LogP contribution in [0.15, 0.2) is 29.3 Å². The number of carbonyl (C=O) groups is 1. The van der Waals surface area contributed by atoms with E-state index < -0.39 is 5.60 Å². The number of methoxy groups -OCH3 is 1. The van der Waals surface area contributed by atoms with Crippen LogP contribution < -0.4 is 15.8 Å². The number of benzene rings is 1. The lowest BCUT2D eigenvalue weighted by Crippen LogP contribution is -2.39. The minimum Gasteiger partial charge on any atom is -0.495 e. The van der Waals surface area contributed by atoms with E-state index in [0.29, 0.717) is 25.4 Å². The summed E-state index contributed by atoms with van der Waals surface area (Å²) < 4.78 is 10.7. The number of guanidine groups is 1. The number of para-hydroxylation sites is 2. The molecule has 0 heterocycles. The topological polar surface area (TPSA) is 89.2 Å². The van der Waals surface area contributed by atoms with Crippen LogP contribution in [0.5, 0.6) is 5.75 Å². The number of rotatable bonds is 7. The fraction of sp³-hybridized carbons (Fsp3) is 0.556. The third kappa shape index (κ3) is 9.12. The van der Waals surface area contributed by atoms with Gasteiger partial charge in [-0.2, -0.15) is 0 Å². The van der Waals surface area contributed by atoms with E-state index in [9.17, 15) is 4.79 Å². The maximum atomic E-state index is 12.2. The molecule has 1 rings (SSSR count). The second-order valence-electron chi connectivity index (χ2n) is 6.56. The molecule has 148 valence electrons. The van der Waals surface area contributed by atoms with Crippen LogP contribution in [0.2, 0.25) is 0 Å². The highest BCUT2D eigenvalue weighted by atomic mass is 127. The van der Waals surface area contributed by atoms with Crippen molar-refractivity contribution >= 4 is 41.7 Å². The van der Waals surface area contributed by atoms with Gasteiger partial charge < -0.3 is 25.4 Å². The molecule has 7 nitrogen and oxygen atoms in total. The van der Waals surface area contributed by atoms with E-state index in [4.69, 9.17) is 15.2 Å². The average Bonchev–Trinajstić information content (AvgIpc) is 2.53. The summed E-state index contributed by atoms with van der Waals surface area (Å²) in [5, 5.41) is 3.00. The monoisotopic (exact) mass is 478 g/mol. The van der Waals surface area contributed by atoms with Gasteiger partial charge in [-0.15, -0.1) is 24.0 Å². The van der Waals surface area contributed by atoms with E-state index in [1.807, 2.05) is 52.0 Å². The van der Waals surface area contributed by atoms with Gasteiger partial charge in [0.05, 0.1) is 19.3 Å². The summed E-state index contributed by atoms with van der Waals surface area (Å²) in [6.07, 6.45) is 0.513. The molecule has 3 N–H and O–H groups in total. The van der Waals surface area contributed by atoms with Gasteiger partial charge in [-0.1, -0.05) is 19.1 Å². The van der Waals surface area contributed by atoms with Gasteiger partial charge in [-0.3, -0.25) is 4.99 Å². The number of anilines is 1. The zero-order valence-electron chi connectivity index (χ0n) is 16.2. The zero-order chi connectivity index (χ0) is 18.9. The molecule has 0 aliphatic carbocycles. The molecular weight excluding hydrogens is 447 g/mol. The van der Waals surface area contributed by atoms with Crippen molar-refractivity contribution in [2.75, 3.05) is 32.1 Å². The summed E-state index contributed by atoms with van der Waals surface area (Å²) in [5.74, 6) is 0.951. The SMILES string of the molecule is CCCN(CCN=C(N)Nc1ccccc1OC)C(=O)OC(C)(C)C.I. The first-order valence-corrected chi connectivity index (χ1v) is 8.44. The first-order chi connectivity index (χ1) is 11.8. The number of hydrogen-bond donors (Lipinski definition) is 2. The first kappa shape index (κ1) is 24.3. The third-order valence-corrected chi connectivity index (χ3v) is 3.17. The smallest absolute Gasteiger partial charge is 0.410 e. The lowest BCUT2D eigenvalue weighted by atomic mass is 10.2. The quantitative estimate of drug-likeness (QED) is 0.355. The van der Waals surface area contributed by atoms with E-state index in [2.05, 4.69) is 10.3 Å². The van der Waals surface area contributed by atoms with E-state index in [1.54, 1.807) is 12.0 Å². The molecule has 0 spiro atoms.